The zero-order valence-electron chi connectivity index (χ0n) is 17.7. The minimum Gasteiger partial charge on any atom is -0.361 e. The van der Waals surface area contributed by atoms with Gasteiger partial charge in [0.2, 0.25) is 5.78 Å². The number of hydrogen-bond acceptors (Lipinski definition) is 6. The van der Waals surface area contributed by atoms with Crippen molar-refractivity contribution in [2.75, 3.05) is 6.54 Å². The maximum Gasteiger partial charge on any atom is 0.273 e. The smallest absolute Gasteiger partial charge is 0.273 e. The molecule has 1 saturated carbocycles. The third-order valence-corrected chi connectivity index (χ3v) is 5.74. The first-order valence-electron chi connectivity index (χ1n) is 10.7. The minimum atomic E-state index is -0.270. The van der Waals surface area contributed by atoms with Crippen LogP contribution in [0, 0.1) is 6.92 Å². The Balaban J connectivity index is 1.53. The van der Waals surface area contributed by atoms with Gasteiger partial charge in [0, 0.05) is 54.8 Å². The van der Waals surface area contributed by atoms with Gasteiger partial charge < -0.3 is 20.4 Å². The van der Waals surface area contributed by atoms with Crippen LogP contribution < -0.4 is 10.9 Å². The summed E-state index contributed by atoms with van der Waals surface area (Å²) in [4.78, 5) is 44.9. The second kappa shape index (κ2) is 8.39. The molecule has 0 aromatic carbocycles. The molecule has 1 fully saturated rings. The van der Waals surface area contributed by atoms with Gasteiger partial charge in [0.15, 0.2) is 5.82 Å². The quantitative estimate of drug-likeness (QED) is 0.254. The van der Waals surface area contributed by atoms with E-state index >= 15 is 0 Å². The van der Waals surface area contributed by atoms with Crippen LogP contribution in [0.3, 0.4) is 0 Å². The van der Waals surface area contributed by atoms with Crippen LogP contribution in [0.2, 0.25) is 0 Å². The molecule has 5 N–H and O–H groups in total. The van der Waals surface area contributed by atoms with Gasteiger partial charge in [-0.2, -0.15) is 0 Å². The van der Waals surface area contributed by atoms with Gasteiger partial charge in [-0.1, -0.05) is 0 Å². The van der Waals surface area contributed by atoms with Crippen LogP contribution in [0.5, 0.6) is 0 Å². The first kappa shape index (κ1) is 20.1. The van der Waals surface area contributed by atoms with Gasteiger partial charge >= 0.3 is 0 Å². The SMILES string of the molecule is Cc1[nH]c(Cc2nccnc2-c2c[nH][nH]c2=O)c(C(=O)c2ncc[nH]2)c1CCNC1CC1. The molecule has 10 heteroatoms. The maximum atomic E-state index is 13.4. The van der Waals surface area contributed by atoms with Gasteiger partial charge in [0.05, 0.1) is 22.5 Å². The van der Waals surface area contributed by atoms with E-state index in [1.54, 1.807) is 31.0 Å². The number of carbonyl (C=O) groups is 1. The summed E-state index contributed by atoms with van der Waals surface area (Å²) in [6, 6.07) is 0.597. The van der Waals surface area contributed by atoms with Gasteiger partial charge in [-0.25, -0.2) is 4.98 Å². The van der Waals surface area contributed by atoms with Crippen molar-refractivity contribution in [1.82, 2.24) is 40.4 Å². The molecule has 1 aliphatic rings. The molecule has 1 aliphatic carbocycles. The molecule has 4 aromatic rings. The summed E-state index contributed by atoms with van der Waals surface area (Å²) in [5.74, 6) is 0.129. The molecule has 164 valence electrons. The lowest BCUT2D eigenvalue weighted by Gasteiger charge is -2.09. The molecule has 4 aromatic heterocycles. The Labute approximate surface area is 183 Å². The highest BCUT2D eigenvalue weighted by Crippen LogP contribution is 2.26. The number of nitrogens with zero attached hydrogens (tertiary/aromatic N) is 3. The summed E-state index contributed by atoms with van der Waals surface area (Å²) in [5.41, 5.74) is 4.48. The van der Waals surface area contributed by atoms with E-state index in [2.05, 4.69) is 40.4 Å². The van der Waals surface area contributed by atoms with E-state index in [9.17, 15) is 9.59 Å². The molecule has 0 unspecified atom stereocenters. The topological polar surface area (TPSA) is 148 Å². The highest BCUT2D eigenvalue weighted by Gasteiger charge is 2.26. The fraction of sp³-hybridized carbons (Fsp3) is 0.318. The number of ketones is 1. The largest absolute Gasteiger partial charge is 0.361 e. The molecule has 4 heterocycles. The lowest BCUT2D eigenvalue weighted by atomic mass is 9.98. The number of H-pyrrole nitrogens is 4. The summed E-state index contributed by atoms with van der Waals surface area (Å²) < 4.78 is 0. The van der Waals surface area contributed by atoms with Crippen LogP contribution in [-0.4, -0.2) is 53.5 Å². The fourth-order valence-electron chi connectivity index (χ4n) is 4.02. The molecule has 5 rings (SSSR count). The highest BCUT2D eigenvalue weighted by atomic mass is 16.1. The zero-order chi connectivity index (χ0) is 22.1. The third kappa shape index (κ3) is 3.92. The van der Waals surface area contributed by atoms with Crippen molar-refractivity contribution in [3.05, 3.63) is 75.4 Å². The van der Waals surface area contributed by atoms with E-state index in [1.165, 1.54) is 12.8 Å². The Morgan fingerprint density at radius 1 is 1.19 bits per heavy atom. The average molecular weight is 432 g/mol. The molecule has 0 atom stereocenters. The van der Waals surface area contributed by atoms with Crippen LogP contribution in [0.4, 0.5) is 0 Å². The number of hydrogen-bond donors (Lipinski definition) is 5. The normalized spacial score (nSPS) is 13.5. The molecule has 0 aliphatic heterocycles. The number of aryl methyl sites for hydroxylation is 1. The first-order valence-corrected chi connectivity index (χ1v) is 10.7. The number of rotatable bonds is 9. The van der Waals surface area contributed by atoms with Gasteiger partial charge in [-0.05, 0) is 38.3 Å². The Hall–Kier alpha value is -3.79. The Morgan fingerprint density at radius 3 is 2.75 bits per heavy atom. The summed E-state index contributed by atoms with van der Waals surface area (Å²) in [7, 11) is 0. The molecule has 0 radical (unpaired) electrons. The molecule has 32 heavy (non-hydrogen) atoms. The number of carbonyl (C=O) groups excluding carboxylic acids is 1. The summed E-state index contributed by atoms with van der Waals surface area (Å²) in [6.07, 6.45) is 11.4. The predicted octanol–water partition coefficient (Wildman–Crippen LogP) is 1.64. The molecule has 0 bridgehead atoms. The third-order valence-electron chi connectivity index (χ3n) is 5.74. The first-order chi connectivity index (χ1) is 15.6. The van der Waals surface area contributed by atoms with Crippen molar-refractivity contribution in [3.63, 3.8) is 0 Å². The lowest BCUT2D eigenvalue weighted by molar-refractivity contribution is 0.102. The van der Waals surface area contributed by atoms with Gasteiger partial charge in [0.1, 0.15) is 0 Å². The van der Waals surface area contributed by atoms with E-state index < -0.39 is 0 Å². The molecule has 10 nitrogen and oxygen atoms in total. The van der Waals surface area contributed by atoms with Crippen molar-refractivity contribution in [2.45, 2.75) is 38.6 Å². The molecule has 0 spiro atoms. The van der Waals surface area contributed by atoms with Crippen molar-refractivity contribution in [1.29, 1.82) is 0 Å². The second-order valence-electron chi connectivity index (χ2n) is 8.01. The predicted molar refractivity (Wildman–Crippen MR) is 118 cm³/mol. The monoisotopic (exact) mass is 432 g/mol. The molecular weight excluding hydrogens is 408 g/mol. The Morgan fingerprint density at radius 2 is 2.03 bits per heavy atom. The summed E-state index contributed by atoms with van der Waals surface area (Å²) in [5, 5.41) is 8.74. The van der Waals surface area contributed by atoms with Crippen LogP contribution >= 0.6 is 0 Å². The average Bonchev–Trinajstić information content (AvgIpc) is 3.14. The van der Waals surface area contributed by atoms with Crippen LogP contribution in [0.15, 0.2) is 35.8 Å². The van der Waals surface area contributed by atoms with Crippen LogP contribution in [0.25, 0.3) is 11.3 Å². The van der Waals surface area contributed by atoms with Crippen molar-refractivity contribution in [3.8, 4) is 11.3 Å². The lowest BCUT2D eigenvalue weighted by Crippen LogP contribution is -2.20. The zero-order valence-corrected chi connectivity index (χ0v) is 17.7. The van der Waals surface area contributed by atoms with Crippen LogP contribution in [-0.2, 0) is 12.8 Å². The molecule has 0 saturated heterocycles. The van der Waals surface area contributed by atoms with Crippen molar-refractivity contribution < 1.29 is 4.79 Å². The van der Waals surface area contributed by atoms with E-state index in [0.29, 0.717) is 40.8 Å². The number of imidazole rings is 1. The Kier molecular flexibility index (Phi) is 5.28. The summed E-state index contributed by atoms with van der Waals surface area (Å²) >= 11 is 0. The minimum absolute atomic E-state index is 0.166. The van der Waals surface area contributed by atoms with Gasteiger partial charge in [0.25, 0.3) is 5.56 Å². The fourth-order valence-corrected chi connectivity index (χ4v) is 4.02. The second-order valence-corrected chi connectivity index (χ2v) is 8.01. The Bertz CT molecular complexity index is 1290. The van der Waals surface area contributed by atoms with Gasteiger partial charge in [-0.15, -0.1) is 0 Å². The molecular formula is C22H24N8O2. The van der Waals surface area contributed by atoms with Crippen molar-refractivity contribution >= 4 is 5.78 Å². The maximum absolute atomic E-state index is 13.4. The van der Waals surface area contributed by atoms with Gasteiger partial charge in [-0.3, -0.25) is 24.7 Å². The van der Waals surface area contributed by atoms with E-state index in [1.807, 2.05) is 6.92 Å². The number of aromatic amines is 4. The molecule has 0 amide bonds. The highest BCUT2D eigenvalue weighted by molar-refractivity contribution is 6.08. The number of nitrogens with one attached hydrogen (secondary N) is 5. The summed E-state index contributed by atoms with van der Waals surface area (Å²) in [6.45, 7) is 2.78. The standard InChI is InChI=1S/C22H24N8O2/c1-12-14(4-5-23-13-2-3-13)18(20(31)21-26-8-9-27-21)16(29-12)10-17-19(25-7-6-24-17)15-11-28-30-22(15)32/h6-9,11,13,23,29H,2-5,10H2,1H3,(H,26,27)(H2,28,30,32). The van der Waals surface area contributed by atoms with Crippen LogP contribution in [0.1, 0.15) is 51.7 Å². The van der Waals surface area contributed by atoms with E-state index in [4.69, 9.17) is 0 Å². The van der Waals surface area contributed by atoms with Crippen molar-refractivity contribution in [2.24, 2.45) is 0 Å². The van der Waals surface area contributed by atoms with E-state index in [-0.39, 0.29) is 11.3 Å². The number of aromatic nitrogens is 7. The van der Waals surface area contributed by atoms with E-state index in [0.717, 1.165) is 29.9 Å².